The summed E-state index contributed by atoms with van der Waals surface area (Å²) in [5, 5.41) is 3.94. The SMILES string of the molecule is Cc1cc(C)c(C)c(S(=O)(=O)N2CCN(C(=O)/C=C/c3ccsc3)CC2)c1C. The number of carbonyl (C=O) groups is 1. The van der Waals surface area contributed by atoms with Crippen LogP contribution in [0.15, 0.2) is 33.9 Å². The van der Waals surface area contributed by atoms with E-state index in [2.05, 4.69) is 0 Å². The van der Waals surface area contributed by atoms with E-state index in [1.165, 1.54) is 4.31 Å². The summed E-state index contributed by atoms with van der Waals surface area (Å²) in [6, 6.07) is 3.98. The van der Waals surface area contributed by atoms with Crippen molar-refractivity contribution in [3.05, 3.63) is 56.8 Å². The molecule has 0 aliphatic carbocycles. The van der Waals surface area contributed by atoms with Gasteiger partial charge in [0.05, 0.1) is 4.90 Å². The molecule has 1 aliphatic rings. The van der Waals surface area contributed by atoms with Crippen LogP contribution < -0.4 is 0 Å². The molecular formula is C21H26N2O3S2. The molecule has 1 fully saturated rings. The number of sulfonamides is 1. The maximum atomic E-state index is 13.3. The molecule has 1 aromatic carbocycles. The number of thiophene rings is 1. The van der Waals surface area contributed by atoms with Crippen molar-refractivity contribution in [2.24, 2.45) is 0 Å². The number of piperazine rings is 1. The lowest BCUT2D eigenvalue weighted by Gasteiger charge is -2.34. The first-order valence-corrected chi connectivity index (χ1v) is 11.7. The Kier molecular flexibility index (Phi) is 6.07. The summed E-state index contributed by atoms with van der Waals surface area (Å²) < 4.78 is 28.1. The predicted molar refractivity (Wildman–Crippen MR) is 114 cm³/mol. The van der Waals surface area contributed by atoms with Crippen LogP contribution in [0.2, 0.25) is 0 Å². The summed E-state index contributed by atoms with van der Waals surface area (Å²) in [5.74, 6) is -0.0815. The molecule has 5 nitrogen and oxygen atoms in total. The number of carbonyl (C=O) groups excluding carboxylic acids is 1. The van der Waals surface area contributed by atoms with Crippen molar-refractivity contribution in [2.45, 2.75) is 32.6 Å². The smallest absolute Gasteiger partial charge is 0.246 e. The first kappa shape index (κ1) is 20.8. The second-order valence-corrected chi connectivity index (χ2v) is 9.86. The van der Waals surface area contributed by atoms with Gasteiger partial charge >= 0.3 is 0 Å². The average molecular weight is 419 g/mol. The van der Waals surface area contributed by atoms with Crippen molar-refractivity contribution in [2.75, 3.05) is 26.2 Å². The lowest BCUT2D eigenvalue weighted by molar-refractivity contribution is -0.127. The summed E-state index contributed by atoms with van der Waals surface area (Å²) in [4.78, 5) is 14.5. The maximum absolute atomic E-state index is 13.3. The highest BCUT2D eigenvalue weighted by Crippen LogP contribution is 2.29. The first-order chi connectivity index (χ1) is 13.2. The number of nitrogens with zero attached hydrogens (tertiary/aromatic N) is 2. The van der Waals surface area contributed by atoms with E-state index in [0.717, 1.165) is 27.8 Å². The average Bonchev–Trinajstić information content (AvgIpc) is 3.18. The molecule has 1 saturated heterocycles. The summed E-state index contributed by atoms with van der Waals surface area (Å²) in [7, 11) is -3.59. The van der Waals surface area contributed by atoms with Crippen LogP contribution in [0.4, 0.5) is 0 Å². The van der Waals surface area contributed by atoms with Crippen molar-refractivity contribution < 1.29 is 13.2 Å². The Morgan fingerprint density at radius 2 is 1.64 bits per heavy atom. The molecule has 7 heteroatoms. The van der Waals surface area contributed by atoms with Crippen LogP contribution in [0.3, 0.4) is 0 Å². The van der Waals surface area contributed by atoms with Crippen LogP contribution >= 0.6 is 11.3 Å². The van der Waals surface area contributed by atoms with Gasteiger partial charge in [0.2, 0.25) is 15.9 Å². The Labute approximate surface area is 171 Å². The Bertz CT molecular complexity index is 975. The quantitative estimate of drug-likeness (QED) is 0.714. The highest BCUT2D eigenvalue weighted by atomic mass is 32.2. The van der Waals surface area contributed by atoms with Gasteiger partial charge in [0.15, 0.2) is 0 Å². The van der Waals surface area contributed by atoms with Crippen LogP contribution in [0, 0.1) is 27.7 Å². The van der Waals surface area contributed by atoms with Crippen LogP contribution in [0.1, 0.15) is 27.8 Å². The zero-order valence-corrected chi connectivity index (χ0v) is 18.4. The Morgan fingerprint density at radius 1 is 1.04 bits per heavy atom. The second-order valence-electron chi connectivity index (χ2n) is 7.21. The molecule has 0 bridgehead atoms. The van der Waals surface area contributed by atoms with Crippen molar-refractivity contribution in [1.29, 1.82) is 0 Å². The van der Waals surface area contributed by atoms with Crippen molar-refractivity contribution in [3.63, 3.8) is 0 Å². The van der Waals surface area contributed by atoms with Gasteiger partial charge < -0.3 is 4.90 Å². The van der Waals surface area contributed by atoms with Gasteiger partial charge in [-0.15, -0.1) is 0 Å². The molecule has 0 spiro atoms. The highest BCUT2D eigenvalue weighted by molar-refractivity contribution is 7.89. The van der Waals surface area contributed by atoms with Gasteiger partial charge in [-0.1, -0.05) is 6.07 Å². The molecule has 150 valence electrons. The van der Waals surface area contributed by atoms with Crippen LogP contribution in [0.25, 0.3) is 6.08 Å². The molecule has 1 amide bonds. The maximum Gasteiger partial charge on any atom is 0.246 e. The van der Waals surface area contributed by atoms with Gasteiger partial charge in [-0.05, 0) is 78.4 Å². The molecule has 1 aromatic heterocycles. The highest BCUT2D eigenvalue weighted by Gasteiger charge is 2.32. The molecule has 0 unspecified atom stereocenters. The zero-order valence-electron chi connectivity index (χ0n) is 16.7. The summed E-state index contributed by atoms with van der Waals surface area (Å²) in [6.45, 7) is 9.03. The number of hydrogen-bond acceptors (Lipinski definition) is 4. The fourth-order valence-corrected chi connectivity index (χ4v) is 6.11. The third-order valence-electron chi connectivity index (χ3n) is 5.41. The fraction of sp³-hybridized carbons (Fsp3) is 0.381. The molecule has 2 aromatic rings. The van der Waals surface area contributed by atoms with Gasteiger partial charge in [0.25, 0.3) is 0 Å². The van der Waals surface area contributed by atoms with Crippen molar-refractivity contribution in [3.8, 4) is 0 Å². The zero-order chi connectivity index (χ0) is 20.5. The molecular weight excluding hydrogens is 392 g/mol. The van der Waals surface area contributed by atoms with Crippen molar-refractivity contribution in [1.82, 2.24) is 9.21 Å². The lowest BCUT2D eigenvalue weighted by atomic mass is 10.0. The normalized spacial score (nSPS) is 16.1. The number of rotatable bonds is 4. The van der Waals surface area contributed by atoms with E-state index in [1.54, 1.807) is 28.4 Å². The van der Waals surface area contributed by atoms with Crippen LogP contribution in [-0.4, -0.2) is 49.7 Å². The summed E-state index contributed by atoms with van der Waals surface area (Å²) >= 11 is 1.58. The van der Waals surface area contributed by atoms with Gasteiger partial charge in [0, 0.05) is 32.3 Å². The minimum atomic E-state index is -3.59. The summed E-state index contributed by atoms with van der Waals surface area (Å²) in [6.07, 6.45) is 3.36. The standard InChI is InChI=1S/C21H26N2O3S2/c1-15-13-16(2)18(4)21(17(15)3)28(25,26)23-10-8-22(9-11-23)20(24)6-5-19-7-12-27-14-19/h5-7,12-14H,8-11H2,1-4H3/b6-5+. The third-order valence-corrected chi connectivity index (χ3v) is 8.28. The van der Waals surface area contributed by atoms with Gasteiger partial charge in [0.1, 0.15) is 0 Å². The van der Waals surface area contributed by atoms with Gasteiger partial charge in [-0.25, -0.2) is 8.42 Å². The van der Waals surface area contributed by atoms with Gasteiger partial charge in [-0.3, -0.25) is 4.79 Å². The first-order valence-electron chi connectivity index (χ1n) is 9.28. The van der Waals surface area contributed by atoms with E-state index in [4.69, 9.17) is 0 Å². The Balaban J connectivity index is 1.73. The molecule has 0 radical (unpaired) electrons. The topological polar surface area (TPSA) is 57.7 Å². The lowest BCUT2D eigenvalue weighted by Crippen LogP contribution is -2.50. The molecule has 0 atom stereocenters. The number of amides is 1. The van der Waals surface area contributed by atoms with E-state index in [-0.39, 0.29) is 5.91 Å². The molecule has 0 saturated carbocycles. The molecule has 3 rings (SSSR count). The van der Waals surface area contributed by atoms with E-state index < -0.39 is 10.0 Å². The number of benzene rings is 1. The molecule has 0 N–H and O–H groups in total. The fourth-order valence-electron chi connectivity index (χ4n) is 3.49. The number of aryl methyl sites for hydroxylation is 2. The molecule has 1 aliphatic heterocycles. The monoisotopic (exact) mass is 418 g/mol. The summed E-state index contributed by atoms with van der Waals surface area (Å²) in [5.41, 5.74) is 4.57. The predicted octanol–water partition coefficient (Wildman–Crippen LogP) is 3.53. The van der Waals surface area contributed by atoms with E-state index in [9.17, 15) is 13.2 Å². The van der Waals surface area contributed by atoms with Crippen molar-refractivity contribution >= 4 is 33.3 Å². The minimum Gasteiger partial charge on any atom is -0.337 e. The van der Waals surface area contributed by atoms with E-state index in [1.807, 2.05) is 50.6 Å². The Hall–Kier alpha value is -1.96. The van der Waals surface area contributed by atoms with Crippen LogP contribution in [-0.2, 0) is 14.8 Å². The molecule has 28 heavy (non-hydrogen) atoms. The van der Waals surface area contributed by atoms with E-state index >= 15 is 0 Å². The molecule has 2 heterocycles. The van der Waals surface area contributed by atoms with Crippen LogP contribution in [0.5, 0.6) is 0 Å². The largest absolute Gasteiger partial charge is 0.337 e. The Morgan fingerprint density at radius 3 is 2.18 bits per heavy atom. The number of hydrogen-bond donors (Lipinski definition) is 0. The second kappa shape index (κ2) is 8.19. The third kappa shape index (κ3) is 4.06. The minimum absolute atomic E-state index is 0.0815. The van der Waals surface area contributed by atoms with E-state index in [0.29, 0.717) is 31.1 Å². The van der Waals surface area contributed by atoms with Gasteiger partial charge in [-0.2, -0.15) is 15.6 Å².